The SMILES string of the molecule is COc1ccc2ncc(CN)c([C@H](O)CCC3(CO)CCN(CCNc4cc(F)cc(F)c4)CC3)c2c1. The molecule has 1 aliphatic rings. The Kier molecular flexibility index (Phi) is 8.91. The smallest absolute Gasteiger partial charge is 0.128 e. The Morgan fingerprint density at radius 1 is 1.16 bits per heavy atom. The fourth-order valence-corrected chi connectivity index (χ4v) is 5.26. The minimum absolute atomic E-state index is 0.0586. The van der Waals surface area contributed by atoms with E-state index in [2.05, 4.69) is 15.2 Å². The second-order valence-corrected chi connectivity index (χ2v) is 9.92. The van der Waals surface area contributed by atoms with E-state index in [0.717, 1.165) is 60.6 Å². The number of hydrogen-bond acceptors (Lipinski definition) is 7. The highest BCUT2D eigenvalue weighted by molar-refractivity contribution is 5.85. The Hall–Kier alpha value is -2.85. The highest BCUT2D eigenvalue weighted by Crippen LogP contribution is 2.39. The summed E-state index contributed by atoms with van der Waals surface area (Å²) < 4.78 is 32.1. The Labute approximate surface area is 216 Å². The number of aliphatic hydroxyl groups is 2. The summed E-state index contributed by atoms with van der Waals surface area (Å²) in [5.74, 6) is -0.520. The first-order valence-corrected chi connectivity index (χ1v) is 12.7. The van der Waals surface area contributed by atoms with Gasteiger partial charge in [0.25, 0.3) is 0 Å². The van der Waals surface area contributed by atoms with E-state index in [-0.39, 0.29) is 18.6 Å². The van der Waals surface area contributed by atoms with Gasteiger partial charge < -0.3 is 30.9 Å². The third-order valence-electron chi connectivity index (χ3n) is 7.57. The number of halogens is 2. The number of piperidine rings is 1. The Morgan fingerprint density at radius 2 is 1.89 bits per heavy atom. The molecule has 0 spiro atoms. The molecule has 1 aliphatic heterocycles. The molecule has 2 aromatic carbocycles. The van der Waals surface area contributed by atoms with Crippen LogP contribution >= 0.6 is 0 Å². The molecular formula is C28H36F2N4O3. The maximum Gasteiger partial charge on any atom is 0.128 e. The lowest BCUT2D eigenvalue weighted by molar-refractivity contribution is 0.0247. The predicted octanol–water partition coefficient (Wildman–Crippen LogP) is 3.98. The number of nitrogens with one attached hydrogen (secondary N) is 1. The summed E-state index contributed by atoms with van der Waals surface area (Å²) in [5.41, 5.74) is 8.48. The van der Waals surface area contributed by atoms with Crippen molar-refractivity contribution in [3.63, 3.8) is 0 Å². The highest BCUT2D eigenvalue weighted by Gasteiger charge is 2.34. The fourth-order valence-electron chi connectivity index (χ4n) is 5.26. The quantitative estimate of drug-likeness (QED) is 0.307. The van der Waals surface area contributed by atoms with Crippen LogP contribution in [0.4, 0.5) is 14.5 Å². The second-order valence-electron chi connectivity index (χ2n) is 9.92. The van der Waals surface area contributed by atoms with Crippen molar-refractivity contribution >= 4 is 16.6 Å². The van der Waals surface area contributed by atoms with Gasteiger partial charge in [0.1, 0.15) is 17.4 Å². The van der Waals surface area contributed by atoms with Gasteiger partial charge in [0.05, 0.1) is 18.7 Å². The molecule has 1 fully saturated rings. The number of aromatic nitrogens is 1. The average Bonchev–Trinajstić information content (AvgIpc) is 2.91. The lowest BCUT2D eigenvalue weighted by atomic mass is 9.74. The number of aliphatic hydroxyl groups excluding tert-OH is 2. The van der Waals surface area contributed by atoms with Gasteiger partial charge in [-0.15, -0.1) is 0 Å². The van der Waals surface area contributed by atoms with Crippen LogP contribution in [-0.2, 0) is 6.54 Å². The first kappa shape index (κ1) is 27.2. The number of ether oxygens (including phenoxy) is 1. The number of rotatable bonds is 11. The maximum atomic E-state index is 13.4. The highest BCUT2D eigenvalue weighted by atomic mass is 19.1. The van der Waals surface area contributed by atoms with Gasteiger partial charge in [0, 0.05) is 49.6 Å². The van der Waals surface area contributed by atoms with Gasteiger partial charge in [-0.3, -0.25) is 4.98 Å². The van der Waals surface area contributed by atoms with Crippen molar-refractivity contribution in [2.24, 2.45) is 11.1 Å². The molecule has 200 valence electrons. The summed E-state index contributed by atoms with van der Waals surface area (Å²) in [6.07, 6.45) is 3.76. The molecule has 4 rings (SSSR count). The van der Waals surface area contributed by atoms with Gasteiger partial charge in [-0.2, -0.15) is 0 Å². The summed E-state index contributed by atoms with van der Waals surface area (Å²) in [5, 5.41) is 25.5. The third-order valence-corrected chi connectivity index (χ3v) is 7.57. The fraction of sp³-hybridized carbons (Fsp3) is 0.464. The monoisotopic (exact) mass is 514 g/mol. The van der Waals surface area contributed by atoms with Crippen LogP contribution in [0.15, 0.2) is 42.6 Å². The molecule has 0 aliphatic carbocycles. The van der Waals surface area contributed by atoms with Crippen LogP contribution in [0.3, 0.4) is 0 Å². The van der Waals surface area contributed by atoms with Crippen LogP contribution in [0, 0.1) is 17.0 Å². The van der Waals surface area contributed by atoms with Gasteiger partial charge in [-0.25, -0.2) is 8.78 Å². The van der Waals surface area contributed by atoms with Crippen molar-refractivity contribution in [3.8, 4) is 5.75 Å². The van der Waals surface area contributed by atoms with Crippen molar-refractivity contribution < 1.29 is 23.7 Å². The molecule has 0 radical (unpaired) electrons. The summed E-state index contributed by atoms with van der Waals surface area (Å²) in [4.78, 5) is 6.76. The van der Waals surface area contributed by atoms with E-state index in [1.807, 2.05) is 18.2 Å². The van der Waals surface area contributed by atoms with Crippen LogP contribution in [0.1, 0.15) is 42.9 Å². The normalized spacial score (nSPS) is 16.6. The van der Waals surface area contributed by atoms with Crippen molar-refractivity contribution in [1.82, 2.24) is 9.88 Å². The first-order valence-electron chi connectivity index (χ1n) is 12.7. The molecule has 37 heavy (non-hydrogen) atoms. The zero-order valence-electron chi connectivity index (χ0n) is 21.2. The number of benzene rings is 2. The standard InChI is InChI=1S/C28H36F2N4O3/c1-37-23-2-3-25-24(15-23)27(19(16-31)17-33-25)26(36)4-5-28(18-35)6-9-34(10-7-28)11-8-32-22-13-20(29)12-21(30)14-22/h2-3,12-15,17,26,32,35-36H,4-11,16,18,31H2,1H3/t26-/m1/s1. The number of hydrogen-bond donors (Lipinski definition) is 4. The lowest BCUT2D eigenvalue weighted by Crippen LogP contribution is -2.43. The summed E-state index contributed by atoms with van der Waals surface area (Å²) in [7, 11) is 1.60. The number of methoxy groups -OCH3 is 1. The van der Waals surface area contributed by atoms with Gasteiger partial charge in [0.15, 0.2) is 0 Å². The van der Waals surface area contributed by atoms with Crippen LogP contribution in [0.5, 0.6) is 5.75 Å². The molecule has 0 saturated carbocycles. The molecule has 0 amide bonds. The maximum absolute atomic E-state index is 13.4. The average molecular weight is 515 g/mol. The number of nitrogens with zero attached hydrogens (tertiary/aromatic N) is 2. The summed E-state index contributed by atoms with van der Waals surface area (Å²) in [6, 6.07) is 9.00. The summed E-state index contributed by atoms with van der Waals surface area (Å²) >= 11 is 0. The molecule has 9 heteroatoms. The van der Waals surface area contributed by atoms with Crippen molar-refractivity contribution in [3.05, 3.63) is 65.4 Å². The zero-order chi connectivity index (χ0) is 26.4. The molecule has 0 unspecified atom stereocenters. The molecule has 1 atom stereocenters. The van der Waals surface area contributed by atoms with Crippen LogP contribution < -0.4 is 15.8 Å². The van der Waals surface area contributed by atoms with Crippen LogP contribution in [0.25, 0.3) is 10.9 Å². The van der Waals surface area contributed by atoms with Gasteiger partial charge in [0.2, 0.25) is 0 Å². The number of fused-ring (bicyclic) bond motifs is 1. The van der Waals surface area contributed by atoms with Crippen molar-refractivity contribution in [2.45, 2.75) is 38.3 Å². The van der Waals surface area contributed by atoms with Crippen LogP contribution in [-0.4, -0.2) is 60.0 Å². The topological polar surface area (TPSA) is 104 Å². The largest absolute Gasteiger partial charge is 0.497 e. The van der Waals surface area contributed by atoms with E-state index in [1.165, 1.54) is 12.1 Å². The second kappa shape index (κ2) is 12.1. The van der Waals surface area contributed by atoms with Crippen LogP contribution in [0.2, 0.25) is 0 Å². The third kappa shape index (κ3) is 6.54. The minimum Gasteiger partial charge on any atom is -0.497 e. The van der Waals surface area contributed by atoms with E-state index < -0.39 is 17.7 Å². The lowest BCUT2D eigenvalue weighted by Gasteiger charge is -2.41. The molecule has 1 aromatic heterocycles. The minimum atomic E-state index is -0.742. The number of pyridine rings is 1. The van der Waals surface area contributed by atoms with Gasteiger partial charge in [-0.1, -0.05) is 0 Å². The van der Waals surface area contributed by atoms with Crippen molar-refractivity contribution in [2.75, 3.05) is 45.2 Å². The molecule has 3 aromatic rings. The van der Waals surface area contributed by atoms with Crippen molar-refractivity contribution in [1.29, 1.82) is 0 Å². The molecule has 2 heterocycles. The Balaban J connectivity index is 1.35. The van der Waals surface area contributed by atoms with Gasteiger partial charge >= 0.3 is 0 Å². The number of nitrogens with two attached hydrogens (primary N) is 1. The molecule has 0 bridgehead atoms. The molecule has 5 N–H and O–H groups in total. The summed E-state index contributed by atoms with van der Waals surface area (Å²) in [6.45, 7) is 3.23. The molecule has 7 nitrogen and oxygen atoms in total. The van der Waals surface area contributed by atoms with Gasteiger partial charge in [-0.05, 0) is 85.6 Å². The Morgan fingerprint density at radius 3 is 2.54 bits per heavy atom. The number of likely N-dealkylation sites (tertiary alicyclic amines) is 1. The molecular weight excluding hydrogens is 478 g/mol. The molecule has 1 saturated heterocycles. The van der Waals surface area contributed by atoms with E-state index >= 15 is 0 Å². The van der Waals surface area contributed by atoms with E-state index in [9.17, 15) is 19.0 Å². The number of anilines is 1. The zero-order valence-corrected chi connectivity index (χ0v) is 21.2. The first-order chi connectivity index (χ1) is 17.9. The van der Waals surface area contributed by atoms with E-state index in [1.54, 1.807) is 13.3 Å². The Bertz CT molecular complexity index is 1180. The van der Waals surface area contributed by atoms with E-state index in [0.29, 0.717) is 30.8 Å². The predicted molar refractivity (Wildman–Crippen MR) is 140 cm³/mol. The van der Waals surface area contributed by atoms with E-state index in [4.69, 9.17) is 10.5 Å².